The normalized spacial score (nSPS) is 28.4. The van der Waals surface area contributed by atoms with Crippen molar-refractivity contribution >= 4 is 0 Å². The third kappa shape index (κ3) is 4.07. The fourth-order valence-corrected chi connectivity index (χ4v) is 2.12. The van der Waals surface area contributed by atoms with E-state index in [4.69, 9.17) is 9.47 Å². The first-order chi connectivity index (χ1) is 7.45. The van der Waals surface area contributed by atoms with Crippen LogP contribution in [0.2, 0.25) is 0 Å². The number of piperazine rings is 1. The summed E-state index contributed by atoms with van der Waals surface area (Å²) in [6, 6.07) is 0. The van der Waals surface area contributed by atoms with Crippen LogP contribution in [0.5, 0.6) is 0 Å². The molecule has 2 fully saturated rings. The SMILES string of the molecule is C1CO[C@H](COCCN2CCNCC2)C1. The minimum absolute atomic E-state index is 0.369. The zero-order chi connectivity index (χ0) is 10.3. The maximum absolute atomic E-state index is 5.63. The summed E-state index contributed by atoms with van der Waals surface area (Å²) in [7, 11) is 0. The van der Waals surface area contributed by atoms with Gasteiger partial charge in [-0.3, -0.25) is 4.90 Å². The monoisotopic (exact) mass is 214 g/mol. The highest BCUT2D eigenvalue weighted by atomic mass is 16.5. The van der Waals surface area contributed by atoms with Gasteiger partial charge in [0, 0.05) is 39.3 Å². The summed E-state index contributed by atoms with van der Waals surface area (Å²) in [5.41, 5.74) is 0. The molecule has 15 heavy (non-hydrogen) atoms. The van der Waals surface area contributed by atoms with Gasteiger partial charge in [-0.1, -0.05) is 0 Å². The van der Waals surface area contributed by atoms with Gasteiger partial charge in [-0.15, -0.1) is 0 Å². The molecule has 2 rings (SSSR count). The van der Waals surface area contributed by atoms with E-state index in [2.05, 4.69) is 10.2 Å². The summed E-state index contributed by atoms with van der Waals surface area (Å²) in [6.45, 7) is 8.16. The Morgan fingerprint density at radius 2 is 2.20 bits per heavy atom. The van der Waals surface area contributed by atoms with Crippen molar-refractivity contribution < 1.29 is 9.47 Å². The second-order valence-electron chi connectivity index (χ2n) is 4.30. The lowest BCUT2D eigenvalue weighted by Gasteiger charge is -2.27. The molecule has 0 aromatic rings. The second-order valence-corrected chi connectivity index (χ2v) is 4.30. The van der Waals surface area contributed by atoms with Gasteiger partial charge in [-0.25, -0.2) is 0 Å². The topological polar surface area (TPSA) is 33.7 Å². The number of hydrogen-bond acceptors (Lipinski definition) is 4. The van der Waals surface area contributed by atoms with Crippen molar-refractivity contribution in [2.75, 3.05) is 52.5 Å². The molecule has 4 heteroatoms. The van der Waals surface area contributed by atoms with Crippen molar-refractivity contribution in [2.24, 2.45) is 0 Å². The Morgan fingerprint density at radius 1 is 1.33 bits per heavy atom. The van der Waals surface area contributed by atoms with E-state index >= 15 is 0 Å². The average molecular weight is 214 g/mol. The molecule has 0 aromatic heterocycles. The molecule has 88 valence electrons. The summed E-state index contributed by atoms with van der Waals surface area (Å²) in [6.07, 6.45) is 2.74. The second kappa shape index (κ2) is 6.43. The molecule has 0 amide bonds. The van der Waals surface area contributed by atoms with Crippen molar-refractivity contribution in [1.82, 2.24) is 10.2 Å². The van der Waals surface area contributed by atoms with Crippen molar-refractivity contribution in [3.8, 4) is 0 Å². The number of rotatable bonds is 5. The molecule has 4 nitrogen and oxygen atoms in total. The maximum atomic E-state index is 5.63. The highest BCUT2D eigenvalue weighted by Crippen LogP contribution is 2.11. The molecule has 1 atom stereocenters. The van der Waals surface area contributed by atoms with E-state index in [0.717, 1.165) is 52.5 Å². The number of nitrogens with zero attached hydrogens (tertiary/aromatic N) is 1. The largest absolute Gasteiger partial charge is 0.377 e. The lowest BCUT2D eigenvalue weighted by molar-refractivity contribution is 0.00970. The number of nitrogens with one attached hydrogen (secondary N) is 1. The van der Waals surface area contributed by atoms with Crippen molar-refractivity contribution in [2.45, 2.75) is 18.9 Å². The first-order valence-electron chi connectivity index (χ1n) is 6.07. The third-order valence-electron chi connectivity index (χ3n) is 3.09. The molecule has 2 saturated heterocycles. The van der Waals surface area contributed by atoms with Crippen LogP contribution in [0.4, 0.5) is 0 Å². The molecule has 2 aliphatic rings. The number of hydrogen-bond donors (Lipinski definition) is 1. The summed E-state index contributed by atoms with van der Waals surface area (Å²) in [5, 5.41) is 3.35. The standard InChI is InChI=1S/C11H22N2O2/c1-2-11(15-8-1)10-14-9-7-13-5-3-12-4-6-13/h11-12H,1-10H2/t11-/m0/s1. The molecular formula is C11H22N2O2. The zero-order valence-electron chi connectivity index (χ0n) is 9.41. The molecule has 0 aliphatic carbocycles. The molecule has 1 N–H and O–H groups in total. The predicted octanol–water partition coefficient (Wildman–Crippen LogP) is 0.0872. The fourth-order valence-electron chi connectivity index (χ4n) is 2.12. The summed E-state index contributed by atoms with van der Waals surface area (Å²) in [5.74, 6) is 0. The van der Waals surface area contributed by atoms with Crippen LogP contribution in [-0.2, 0) is 9.47 Å². The molecule has 0 saturated carbocycles. The fraction of sp³-hybridized carbons (Fsp3) is 1.00. The third-order valence-corrected chi connectivity index (χ3v) is 3.09. The van der Waals surface area contributed by atoms with Gasteiger partial charge in [-0.2, -0.15) is 0 Å². The van der Waals surface area contributed by atoms with Gasteiger partial charge in [0.05, 0.1) is 19.3 Å². The Kier molecular flexibility index (Phi) is 4.86. The highest BCUT2D eigenvalue weighted by molar-refractivity contribution is 4.67. The van der Waals surface area contributed by atoms with Crippen molar-refractivity contribution in [1.29, 1.82) is 0 Å². The van der Waals surface area contributed by atoms with Gasteiger partial charge in [0.2, 0.25) is 0 Å². The Hall–Kier alpha value is -0.160. The first-order valence-corrected chi connectivity index (χ1v) is 6.07. The predicted molar refractivity (Wildman–Crippen MR) is 59.1 cm³/mol. The van der Waals surface area contributed by atoms with Crippen LogP contribution in [0.15, 0.2) is 0 Å². The van der Waals surface area contributed by atoms with E-state index in [9.17, 15) is 0 Å². The molecular weight excluding hydrogens is 192 g/mol. The van der Waals surface area contributed by atoms with Crippen LogP contribution in [0.3, 0.4) is 0 Å². The van der Waals surface area contributed by atoms with E-state index in [-0.39, 0.29) is 0 Å². The van der Waals surface area contributed by atoms with E-state index in [1.165, 1.54) is 12.8 Å². The van der Waals surface area contributed by atoms with Gasteiger partial charge in [0.25, 0.3) is 0 Å². The Balaban J connectivity index is 1.47. The molecule has 0 aromatic carbocycles. The molecule has 0 spiro atoms. The summed E-state index contributed by atoms with van der Waals surface area (Å²) >= 11 is 0. The van der Waals surface area contributed by atoms with Crippen molar-refractivity contribution in [3.05, 3.63) is 0 Å². The molecule has 0 radical (unpaired) electrons. The smallest absolute Gasteiger partial charge is 0.0809 e. The lowest BCUT2D eigenvalue weighted by atomic mass is 10.2. The minimum atomic E-state index is 0.369. The first kappa shape index (κ1) is 11.3. The van der Waals surface area contributed by atoms with Gasteiger partial charge in [0.1, 0.15) is 0 Å². The Morgan fingerprint density at radius 3 is 2.93 bits per heavy atom. The maximum Gasteiger partial charge on any atom is 0.0809 e. The molecule has 2 heterocycles. The molecule has 0 bridgehead atoms. The summed E-state index contributed by atoms with van der Waals surface area (Å²) in [4.78, 5) is 2.45. The lowest BCUT2D eigenvalue weighted by Crippen LogP contribution is -2.44. The van der Waals surface area contributed by atoms with Crippen molar-refractivity contribution in [3.63, 3.8) is 0 Å². The van der Waals surface area contributed by atoms with Gasteiger partial charge >= 0.3 is 0 Å². The summed E-state index contributed by atoms with van der Waals surface area (Å²) < 4.78 is 11.1. The van der Waals surface area contributed by atoms with Crippen LogP contribution < -0.4 is 5.32 Å². The van der Waals surface area contributed by atoms with Gasteiger partial charge in [-0.05, 0) is 12.8 Å². The number of ether oxygens (including phenoxy) is 2. The van der Waals surface area contributed by atoms with E-state index < -0.39 is 0 Å². The minimum Gasteiger partial charge on any atom is -0.377 e. The molecule has 0 unspecified atom stereocenters. The van der Waals surface area contributed by atoms with Gasteiger partial charge in [0.15, 0.2) is 0 Å². The highest BCUT2D eigenvalue weighted by Gasteiger charge is 2.15. The van der Waals surface area contributed by atoms with Crippen LogP contribution in [0.1, 0.15) is 12.8 Å². The van der Waals surface area contributed by atoms with Gasteiger partial charge < -0.3 is 14.8 Å². The zero-order valence-corrected chi connectivity index (χ0v) is 9.41. The van der Waals surface area contributed by atoms with E-state index in [0.29, 0.717) is 6.10 Å². The van der Waals surface area contributed by atoms with E-state index in [1.807, 2.05) is 0 Å². The van der Waals surface area contributed by atoms with Crippen LogP contribution >= 0.6 is 0 Å². The Bertz CT molecular complexity index is 166. The van der Waals surface area contributed by atoms with Crippen LogP contribution in [-0.4, -0.2) is 63.5 Å². The van der Waals surface area contributed by atoms with Crippen LogP contribution in [0.25, 0.3) is 0 Å². The Labute approximate surface area is 91.9 Å². The van der Waals surface area contributed by atoms with Crippen LogP contribution in [0, 0.1) is 0 Å². The quantitative estimate of drug-likeness (QED) is 0.658. The molecule has 2 aliphatic heterocycles. The average Bonchev–Trinajstić information content (AvgIpc) is 2.79. The van der Waals surface area contributed by atoms with E-state index in [1.54, 1.807) is 0 Å².